The molecular formula is C26H20Cl2F3NO5. The Morgan fingerprint density at radius 2 is 1.65 bits per heavy atom. The van der Waals surface area contributed by atoms with Crippen LogP contribution in [0.3, 0.4) is 0 Å². The number of halogens is 5. The lowest BCUT2D eigenvalue weighted by Gasteiger charge is -2.15. The predicted octanol–water partition coefficient (Wildman–Crippen LogP) is 7.85. The normalized spacial score (nSPS) is 12.4. The Kier molecular flexibility index (Phi) is 7.47. The van der Waals surface area contributed by atoms with Gasteiger partial charge in [-0.15, -0.1) is 13.2 Å². The molecule has 0 spiro atoms. The second-order valence-corrected chi connectivity index (χ2v) is 8.98. The fraction of sp³-hybridized carbons (Fsp3) is 0.192. The zero-order valence-corrected chi connectivity index (χ0v) is 21.0. The van der Waals surface area contributed by atoms with Crippen molar-refractivity contribution >= 4 is 40.1 Å². The van der Waals surface area contributed by atoms with Gasteiger partial charge in [0.2, 0.25) is 0 Å². The monoisotopic (exact) mass is 553 g/mol. The smallest absolute Gasteiger partial charge is 0.479 e. The number of fused-ring (bicyclic) bond motifs is 1. The first-order valence-corrected chi connectivity index (χ1v) is 11.7. The summed E-state index contributed by atoms with van der Waals surface area (Å²) in [4.78, 5) is 11.2. The molecule has 0 aliphatic heterocycles. The third-order valence-electron chi connectivity index (χ3n) is 5.51. The molecule has 37 heavy (non-hydrogen) atoms. The van der Waals surface area contributed by atoms with Crippen LogP contribution in [0, 0.1) is 6.92 Å². The van der Waals surface area contributed by atoms with Crippen LogP contribution in [-0.2, 0) is 11.3 Å². The molecule has 1 N–H and O–H groups in total. The van der Waals surface area contributed by atoms with Gasteiger partial charge in [0.25, 0.3) is 0 Å². The largest absolute Gasteiger partial charge is 0.573 e. The van der Waals surface area contributed by atoms with Crippen molar-refractivity contribution in [2.45, 2.75) is 32.9 Å². The van der Waals surface area contributed by atoms with Crippen LogP contribution in [-0.4, -0.2) is 28.1 Å². The topological polar surface area (TPSA) is 69.9 Å². The minimum Gasteiger partial charge on any atom is -0.479 e. The molecule has 1 unspecified atom stereocenters. The van der Waals surface area contributed by atoms with Crippen molar-refractivity contribution in [2.75, 3.05) is 0 Å². The number of hydrogen-bond acceptors (Lipinski definition) is 4. The molecule has 0 amide bonds. The lowest BCUT2D eigenvalue weighted by molar-refractivity contribution is -0.274. The summed E-state index contributed by atoms with van der Waals surface area (Å²) in [6.07, 6.45) is -5.96. The lowest BCUT2D eigenvalue weighted by Crippen LogP contribution is -2.22. The summed E-state index contributed by atoms with van der Waals surface area (Å²) < 4.78 is 56.2. The van der Waals surface area contributed by atoms with E-state index in [1.165, 1.54) is 31.2 Å². The van der Waals surface area contributed by atoms with Crippen LogP contribution in [0.4, 0.5) is 13.2 Å². The van der Waals surface area contributed by atoms with Gasteiger partial charge in [0.1, 0.15) is 17.2 Å². The minimum atomic E-state index is -4.86. The summed E-state index contributed by atoms with van der Waals surface area (Å²) in [6.45, 7) is 3.28. The molecule has 3 aromatic carbocycles. The highest BCUT2D eigenvalue weighted by Gasteiger charge is 2.31. The zero-order chi connectivity index (χ0) is 26.9. The second-order valence-electron chi connectivity index (χ2n) is 8.13. The summed E-state index contributed by atoms with van der Waals surface area (Å²) in [5.41, 5.74) is 1.57. The SMILES string of the molecule is Cc1c(Oc2ccc(Cl)cc2)c2ccc(OC(F)(F)F)cc2n1Cc1cc(OC(C)C(=O)O)ccc1Cl. The fourth-order valence-electron chi connectivity index (χ4n) is 3.75. The van der Waals surface area contributed by atoms with Crippen LogP contribution in [0.15, 0.2) is 60.7 Å². The molecule has 6 nitrogen and oxygen atoms in total. The van der Waals surface area contributed by atoms with E-state index in [-0.39, 0.29) is 12.3 Å². The fourth-order valence-corrected chi connectivity index (χ4v) is 4.05. The maximum absolute atomic E-state index is 12.9. The third-order valence-corrected chi connectivity index (χ3v) is 6.13. The Morgan fingerprint density at radius 3 is 2.30 bits per heavy atom. The predicted molar refractivity (Wildman–Crippen MR) is 133 cm³/mol. The summed E-state index contributed by atoms with van der Waals surface area (Å²) in [5, 5.41) is 10.6. The van der Waals surface area contributed by atoms with Crippen molar-refractivity contribution in [3.05, 3.63) is 82.0 Å². The quantitative estimate of drug-likeness (QED) is 0.240. The molecule has 0 aliphatic rings. The van der Waals surface area contributed by atoms with Crippen LogP contribution in [0.5, 0.6) is 23.0 Å². The number of rotatable bonds is 8. The molecule has 4 rings (SSSR count). The van der Waals surface area contributed by atoms with Gasteiger partial charge in [-0.1, -0.05) is 23.2 Å². The van der Waals surface area contributed by atoms with Crippen molar-refractivity contribution in [2.24, 2.45) is 0 Å². The first kappa shape index (κ1) is 26.5. The molecule has 1 heterocycles. The number of aliphatic carboxylic acids is 1. The first-order valence-electron chi connectivity index (χ1n) is 10.9. The van der Waals surface area contributed by atoms with E-state index in [0.717, 1.165) is 0 Å². The van der Waals surface area contributed by atoms with Crippen molar-refractivity contribution in [1.29, 1.82) is 0 Å². The molecular weight excluding hydrogens is 534 g/mol. The number of benzene rings is 3. The summed E-state index contributed by atoms with van der Waals surface area (Å²) in [7, 11) is 0. The van der Waals surface area contributed by atoms with Gasteiger partial charge < -0.3 is 23.9 Å². The summed E-state index contributed by atoms with van der Waals surface area (Å²) in [6, 6.07) is 15.3. The molecule has 4 aromatic rings. The Balaban J connectivity index is 1.79. The van der Waals surface area contributed by atoms with Crippen molar-refractivity contribution in [3.63, 3.8) is 0 Å². The van der Waals surface area contributed by atoms with Crippen LogP contribution >= 0.6 is 23.2 Å². The molecule has 0 radical (unpaired) electrons. The summed E-state index contributed by atoms with van der Waals surface area (Å²) in [5.74, 6) is -0.334. The number of alkyl halides is 3. The number of carbonyl (C=O) groups is 1. The number of carboxylic acid groups (broad SMARTS) is 1. The van der Waals surface area contributed by atoms with E-state index in [0.29, 0.717) is 43.7 Å². The van der Waals surface area contributed by atoms with E-state index < -0.39 is 24.2 Å². The molecule has 0 bridgehead atoms. The van der Waals surface area contributed by atoms with E-state index in [1.807, 2.05) is 0 Å². The van der Waals surface area contributed by atoms with E-state index in [9.17, 15) is 18.0 Å². The van der Waals surface area contributed by atoms with Gasteiger partial charge in [0.15, 0.2) is 11.9 Å². The number of aromatic nitrogens is 1. The molecule has 0 aliphatic carbocycles. The lowest BCUT2D eigenvalue weighted by atomic mass is 10.2. The van der Waals surface area contributed by atoms with Gasteiger partial charge in [-0.05, 0) is 74.0 Å². The highest BCUT2D eigenvalue weighted by molar-refractivity contribution is 6.31. The number of ether oxygens (including phenoxy) is 3. The zero-order valence-electron chi connectivity index (χ0n) is 19.5. The third kappa shape index (κ3) is 6.23. The van der Waals surface area contributed by atoms with Crippen molar-refractivity contribution < 1.29 is 37.3 Å². The Bertz CT molecular complexity index is 1450. The van der Waals surface area contributed by atoms with Gasteiger partial charge in [-0.2, -0.15) is 0 Å². The van der Waals surface area contributed by atoms with E-state index in [1.54, 1.807) is 47.9 Å². The van der Waals surface area contributed by atoms with E-state index in [4.69, 9.17) is 37.8 Å². The van der Waals surface area contributed by atoms with Gasteiger partial charge in [-0.3, -0.25) is 0 Å². The average Bonchev–Trinajstić information content (AvgIpc) is 3.06. The van der Waals surface area contributed by atoms with Gasteiger partial charge in [0.05, 0.1) is 11.2 Å². The van der Waals surface area contributed by atoms with E-state index >= 15 is 0 Å². The molecule has 0 saturated heterocycles. The minimum absolute atomic E-state index is 0.124. The molecule has 0 saturated carbocycles. The number of hydrogen-bond donors (Lipinski definition) is 1. The van der Waals surface area contributed by atoms with Crippen LogP contribution < -0.4 is 14.2 Å². The van der Waals surface area contributed by atoms with Crippen molar-refractivity contribution in [3.8, 4) is 23.0 Å². The van der Waals surface area contributed by atoms with Gasteiger partial charge >= 0.3 is 12.3 Å². The number of carboxylic acids is 1. The van der Waals surface area contributed by atoms with Crippen molar-refractivity contribution in [1.82, 2.24) is 4.57 Å². The summed E-state index contributed by atoms with van der Waals surface area (Å²) >= 11 is 12.4. The van der Waals surface area contributed by atoms with Crippen LogP contribution in [0.1, 0.15) is 18.2 Å². The molecule has 1 atom stereocenters. The first-order chi connectivity index (χ1) is 17.4. The second kappa shape index (κ2) is 10.4. The van der Waals surface area contributed by atoms with Crippen LogP contribution in [0.2, 0.25) is 10.0 Å². The van der Waals surface area contributed by atoms with Gasteiger partial charge in [0, 0.05) is 28.0 Å². The highest BCUT2D eigenvalue weighted by atomic mass is 35.5. The average molecular weight is 554 g/mol. The Hall–Kier alpha value is -3.56. The molecule has 11 heteroatoms. The van der Waals surface area contributed by atoms with Crippen LogP contribution in [0.25, 0.3) is 10.9 Å². The number of nitrogens with zero attached hydrogens (tertiary/aromatic N) is 1. The Labute approximate surface area is 219 Å². The molecule has 1 aromatic heterocycles. The molecule has 0 fully saturated rings. The maximum Gasteiger partial charge on any atom is 0.573 e. The maximum atomic E-state index is 12.9. The molecule has 194 valence electrons. The Morgan fingerprint density at radius 1 is 1.00 bits per heavy atom. The highest BCUT2D eigenvalue weighted by Crippen LogP contribution is 2.39. The van der Waals surface area contributed by atoms with Gasteiger partial charge in [-0.25, -0.2) is 4.79 Å². The van der Waals surface area contributed by atoms with E-state index in [2.05, 4.69) is 4.74 Å². The standard InChI is InChI=1S/C26H20Cl2F3NO5/c1-14-24(36-18-5-3-17(27)4-6-18)21-9-7-20(37-26(29,30)31)12-23(21)32(14)13-16-11-19(8-10-22(16)28)35-15(2)25(33)34/h3-12,15H,13H2,1-2H3,(H,33,34).